The van der Waals surface area contributed by atoms with Crippen LogP contribution in [0, 0.1) is 5.92 Å². The lowest BCUT2D eigenvalue weighted by atomic mass is 9.93. The van der Waals surface area contributed by atoms with Crippen molar-refractivity contribution in [3.63, 3.8) is 0 Å². The van der Waals surface area contributed by atoms with E-state index in [0.29, 0.717) is 5.91 Å². The zero-order valence-electron chi connectivity index (χ0n) is 13.4. The predicted octanol–water partition coefficient (Wildman–Crippen LogP) is 1.84. The van der Waals surface area contributed by atoms with Gasteiger partial charge < -0.3 is 10.6 Å². The fourth-order valence-corrected chi connectivity index (χ4v) is 3.48. The highest BCUT2D eigenvalue weighted by Gasteiger charge is 2.33. The van der Waals surface area contributed by atoms with Crippen molar-refractivity contribution >= 4 is 5.91 Å². The molecule has 4 heteroatoms. The zero-order valence-corrected chi connectivity index (χ0v) is 13.4. The Labute approximate surface area is 123 Å². The largest absolute Gasteiger partial charge is 0.340 e. The van der Waals surface area contributed by atoms with Crippen molar-refractivity contribution < 1.29 is 4.79 Å². The molecule has 0 aromatic heterocycles. The lowest BCUT2D eigenvalue weighted by molar-refractivity contribution is -0.139. The van der Waals surface area contributed by atoms with E-state index in [-0.39, 0.29) is 17.5 Å². The maximum atomic E-state index is 12.7. The highest BCUT2D eigenvalue weighted by atomic mass is 16.2. The van der Waals surface area contributed by atoms with Gasteiger partial charge in [-0.1, -0.05) is 19.3 Å². The molecule has 0 aromatic carbocycles. The minimum absolute atomic E-state index is 0.0682. The van der Waals surface area contributed by atoms with Gasteiger partial charge in [0.25, 0.3) is 0 Å². The van der Waals surface area contributed by atoms with E-state index in [1.165, 1.54) is 12.8 Å². The zero-order chi connectivity index (χ0) is 14.8. The molecule has 0 spiro atoms. The molecule has 2 atom stereocenters. The molecule has 1 saturated heterocycles. The molecule has 1 amide bonds. The number of nitrogens with two attached hydrogens (primary N) is 1. The molecule has 0 radical (unpaired) electrons. The first-order valence-corrected chi connectivity index (χ1v) is 8.19. The monoisotopic (exact) mass is 281 g/mol. The summed E-state index contributed by atoms with van der Waals surface area (Å²) < 4.78 is 0. The number of nitrogens with zero attached hydrogens (tertiary/aromatic N) is 2. The summed E-state index contributed by atoms with van der Waals surface area (Å²) in [5.41, 5.74) is 6.43. The number of amides is 1. The highest BCUT2D eigenvalue weighted by Crippen LogP contribution is 2.25. The standard InChI is InChI=1S/C16H31N3O/c1-16(2,3)19-11-9-18(10-12-19)15(20)13-7-5-4-6-8-14(13)17/h13-14H,4-12,17H2,1-3H3. The van der Waals surface area contributed by atoms with Gasteiger partial charge in [-0.2, -0.15) is 0 Å². The Bertz CT molecular complexity index is 329. The van der Waals surface area contributed by atoms with Crippen LogP contribution >= 0.6 is 0 Å². The van der Waals surface area contributed by atoms with E-state index in [1.807, 2.05) is 0 Å². The SMILES string of the molecule is CC(C)(C)N1CCN(C(=O)C2CCCCCC2N)CC1. The fourth-order valence-electron chi connectivity index (χ4n) is 3.48. The average molecular weight is 281 g/mol. The van der Waals surface area contributed by atoms with E-state index in [2.05, 4.69) is 30.6 Å². The lowest BCUT2D eigenvalue weighted by Gasteiger charge is -2.43. The van der Waals surface area contributed by atoms with Crippen LogP contribution in [0.5, 0.6) is 0 Å². The van der Waals surface area contributed by atoms with Crippen LogP contribution in [0.1, 0.15) is 52.9 Å². The average Bonchev–Trinajstić information content (AvgIpc) is 2.62. The van der Waals surface area contributed by atoms with Crippen LogP contribution < -0.4 is 5.73 Å². The second kappa shape index (κ2) is 6.44. The van der Waals surface area contributed by atoms with Crippen LogP contribution in [0.4, 0.5) is 0 Å². The van der Waals surface area contributed by atoms with E-state index in [9.17, 15) is 4.79 Å². The summed E-state index contributed by atoms with van der Waals surface area (Å²) >= 11 is 0. The Morgan fingerprint density at radius 3 is 2.20 bits per heavy atom. The molecular weight excluding hydrogens is 250 g/mol. The van der Waals surface area contributed by atoms with Gasteiger partial charge in [-0.05, 0) is 33.6 Å². The van der Waals surface area contributed by atoms with Crippen molar-refractivity contribution in [2.24, 2.45) is 11.7 Å². The first-order valence-electron chi connectivity index (χ1n) is 8.19. The van der Waals surface area contributed by atoms with Gasteiger partial charge in [0.15, 0.2) is 0 Å². The maximum absolute atomic E-state index is 12.7. The number of piperazine rings is 1. The van der Waals surface area contributed by atoms with Gasteiger partial charge in [-0.25, -0.2) is 0 Å². The minimum Gasteiger partial charge on any atom is -0.340 e. The summed E-state index contributed by atoms with van der Waals surface area (Å²) in [6.45, 7) is 10.4. The molecule has 2 unspecified atom stereocenters. The number of rotatable bonds is 1. The Balaban J connectivity index is 1.91. The Kier molecular flexibility index (Phi) is 5.08. The van der Waals surface area contributed by atoms with Crippen molar-refractivity contribution in [3.8, 4) is 0 Å². The van der Waals surface area contributed by atoms with Crippen LogP contribution in [0.25, 0.3) is 0 Å². The van der Waals surface area contributed by atoms with Gasteiger partial charge in [0, 0.05) is 37.8 Å². The van der Waals surface area contributed by atoms with Gasteiger partial charge >= 0.3 is 0 Å². The summed E-state index contributed by atoms with van der Waals surface area (Å²) in [5.74, 6) is 0.381. The van der Waals surface area contributed by atoms with E-state index >= 15 is 0 Å². The number of carbonyl (C=O) groups is 1. The quantitative estimate of drug-likeness (QED) is 0.746. The normalized spacial score (nSPS) is 30.1. The molecule has 2 N–H and O–H groups in total. The third-order valence-corrected chi connectivity index (χ3v) is 4.93. The van der Waals surface area contributed by atoms with E-state index in [4.69, 9.17) is 5.73 Å². The summed E-state index contributed by atoms with van der Waals surface area (Å²) in [5, 5.41) is 0. The molecule has 2 fully saturated rings. The Hall–Kier alpha value is -0.610. The topological polar surface area (TPSA) is 49.6 Å². The number of carbonyl (C=O) groups excluding carboxylic acids is 1. The van der Waals surface area contributed by atoms with Crippen LogP contribution in [-0.2, 0) is 4.79 Å². The first-order chi connectivity index (χ1) is 9.39. The minimum atomic E-state index is 0.0682. The molecule has 116 valence electrons. The molecule has 2 aliphatic rings. The third-order valence-electron chi connectivity index (χ3n) is 4.93. The molecule has 1 aliphatic carbocycles. The lowest BCUT2D eigenvalue weighted by Crippen LogP contribution is -2.56. The van der Waals surface area contributed by atoms with Crippen molar-refractivity contribution in [1.29, 1.82) is 0 Å². The summed E-state index contributed by atoms with van der Waals surface area (Å²) in [6, 6.07) is 0.0747. The summed E-state index contributed by atoms with van der Waals surface area (Å²) in [7, 11) is 0. The van der Waals surface area contributed by atoms with Crippen molar-refractivity contribution in [2.75, 3.05) is 26.2 Å². The molecule has 0 bridgehead atoms. The van der Waals surface area contributed by atoms with Crippen LogP contribution in [-0.4, -0.2) is 53.5 Å². The smallest absolute Gasteiger partial charge is 0.227 e. The molecule has 0 aromatic rings. The van der Waals surface area contributed by atoms with E-state index < -0.39 is 0 Å². The molecule has 1 heterocycles. The van der Waals surface area contributed by atoms with E-state index in [0.717, 1.165) is 45.4 Å². The van der Waals surface area contributed by atoms with Crippen LogP contribution in [0.15, 0.2) is 0 Å². The maximum Gasteiger partial charge on any atom is 0.227 e. The van der Waals surface area contributed by atoms with Crippen molar-refractivity contribution in [1.82, 2.24) is 9.80 Å². The summed E-state index contributed by atoms with van der Waals surface area (Å²) in [6.07, 6.45) is 5.57. The van der Waals surface area contributed by atoms with Crippen LogP contribution in [0.3, 0.4) is 0 Å². The molecule has 4 nitrogen and oxygen atoms in total. The molecular formula is C16H31N3O. The van der Waals surface area contributed by atoms with Gasteiger partial charge in [0.2, 0.25) is 5.91 Å². The number of hydrogen-bond donors (Lipinski definition) is 1. The summed E-state index contributed by atoms with van der Waals surface area (Å²) in [4.78, 5) is 17.2. The third kappa shape index (κ3) is 3.73. The molecule has 20 heavy (non-hydrogen) atoms. The number of hydrogen-bond acceptors (Lipinski definition) is 3. The van der Waals surface area contributed by atoms with E-state index in [1.54, 1.807) is 0 Å². The fraction of sp³-hybridized carbons (Fsp3) is 0.938. The molecule has 1 aliphatic heterocycles. The Morgan fingerprint density at radius 2 is 1.60 bits per heavy atom. The second-order valence-corrected chi connectivity index (χ2v) is 7.39. The Morgan fingerprint density at radius 1 is 1.00 bits per heavy atom. The van der Waals surface area contributed by atoms with Gasteiger partial charge in [0.1, 0.15) is 0 Å². The van der Waals surface area contributed by atoms with Crippen molar-refractivity contribution in [2.45, 2.75) is 64.5 Å². The molecule has 1 saturated carbocycles. The van der Waals surface area contributed by atoms with Gasteiger partial charge in [0.05, 0.1) is 5.92 Å². The van der Waals surface area contributed by atoms with Gasteiger partial charge in [-0.15, -0.1) is 0 Å². The molecule has 2 rings (SSSR count). The predicted molar refractivity (Wildman–Crippen MR) is 82.5 cm³/mol. The van der Waals surface area contributed by atoms with Gasteiger partial charge in [-0.3, -0.25) is 9.69 Å². The van der Waals surface area contributed by atoms with Crippen molar-refractivity contribution in [3.05, 3.63) is 0 Å². The second-order valence-electron chi connectivity index (χ2n) is 7.39. The van der Waals surface area contributed by atoms with Crippen LogP contribution in [0.2, 0.25) is 0 Å². The highest BCUT2D eigenvalue weighted by molar-refractivity contribution is 5.79. The first kappa shape index (κ1) is 15.8.